The van der Waals surface area contributed by atoms with Gasteiger partial charge in [0.05, 0.1) is 64.6 Å². The number of hydrogen-bond donors (Lipinski definition) is 0. The highest BCUT2D eigenvalue weighted by Gasteiger charge is 2.42. The van der Waals surface area contributed by atoms with Gasteiger partial charge in [-0.25, -0.2) is 0 Å². The van der Waals surface area contributed by atoms with E-state index in [4.69, 9.17) is 80.5 Å². The molecule has 3 fully saturated rings. The van der Waals surface area contributed by atoms with Crippen LogP contribution < -0.4 is 0 Å². The SMILES string of the molecule is CCOC[C@H](COC(=O)CCCOCCOCCC(=O)CC(COCCCOCCCCC(=O)CCCCOC1OC(CC)C(C)C(C)C1C)(COCCCOCCCCC(=O)CCCCOC1OC(CC)C(C)C(C)C1C)COCCCOCCCCC(=O)CCCCOC1OC(CC)C(C)C(C)C1C)OCC. The van der Waals surface area contributed by atoms with E-state index >= 15 is 0 Å². The fraction of sp³-hybridized carbons (Fsp3) is 0.943. The number of esters is 1. The highest BCUT2D eigenvalue weighted by atomic mass is 16.7. The molecule has 3 aliphatic rings. The van der Waals surface area contributed by atoms with Crippen molar-refractivity contribution in [1.82, 2.24) is 0 Å². The minimum atomic E-state index is -0.815. The van der Waals surface area contributed by atoms with Crippen molar-refractivity contribution in [3.05, 3.63) is 0 Å². The largest absolute Gasteiger partial charge is 0.463 e. The molecule has 3 rings (SSSR count). The smallest absolute Gasteiger partial charge is 0.305 e. The van der Waals surface area contributed by atoms with Crippen molar-refractivity contribution < 1.29 is 104 Å². The monoisotopic (exact) mass is 1560 g/mol. The van der Waals surface area contributed by atoms with Crippen molar-refractivity contribution in [1.29, 1.82) is 0 Å². The molecule has 3 heterocycles. The van der Waals surface area contributed by atoms with Gasteiger partial charge in [0.25, 0.3) is 0 Å². The first kappa shape index (κ1) is 101. The van der Waals surface area contributed by atoms with Gasteiger partial charge in [0.1, 0.15) is 35.8 Å². The Morgan fingerprint density at radius 2 is 0.615 bits per heavy atom. The molecule has 0 saturated carbocycles. The maximum Gasteiger partial charge on any atom is 0.305 e. The zero-order chi connectivity index (χ0) is 79.7. The third-order valence-electron chi connectivity index (χ3n) is 23.0. The van der Waals surface area contributed by atoms with Crippen LogP contribution in [0.5, 0.6) is 0 Å². The fourth-order valence-electron chi connectivity index (χ4n) is 14.7. The van der Waals surface area contributed by atoms with Crippen LogP contribution in [0, 0.1) is 58.7 Å². The van der Waals surface area contributed by atoms with Crippen LogP contribution in [0.3, 0.4) is 0 Å². The highest BCUT2D eigenvalue weighted by molar-refractivity contribution is 5.79. The lowest BCUT2D eigenvalue weighted by Crippen LogP contribution is -2.45. The number of hydrogen-bond acceptors (Lipinski definition) is 22. The van der Waals surface area contributed by atoms with Gasteiger partial charge in [-0.3, -0.25) is 24.0 Å². The molecule has 0 aromatic carbocycles. The number of carbonyl (C=O) groups excluding carboxylic acids is 5. The van der Waals surface area contributed by atoms with E-state index in [2.05, 4.69) is 83.1 Å². The number of ether oxygens (including phenoxy) is 17. The Balaban J connectivity index is 1.49. The Bertz CT molecular complexity index is 2070. The van der Waals surface area contributed by atoms with Crippen molar-refractivity contribution in [2.75, 3.05) is 152 Å². The second-order valence-electron chi connectivity index (χ2n) is 31.8. The Hall–Kier alpha value is -2.49. The summed E-state index contributed by atoms with van der Waals surface area (Å²) in [7, 11) is 0. The Morgan fingerprint density at radius 1 is 0.294 bits per heavy atom. The van der Waals surface area contributed by atoms with Gasteiger partial charge in [0.2, 0.25) is 0 Å². The molecule has 22 nitrogen and oxygen atoms in total. The maximum absolute atomic E-state index is 14.0. The molecule has 109 heavy (non-hydrogen) atoms. The second kappa shape index (κ2) is 63.7. The predicted octanol–water partition coefficient (Wildman–Crippen LogP) is 16.3. The predicted molar refractivity (Wildman–Crippen MR) is 424 cm³/mol. The van der Waals surface area contributed by atoms with Crippen LogP contribution in [0.1, 0.15) is 277 Å². The van der Waals surface area contributed by atoms with Gasteiger partial charge in [0.15, 0.2) is 18.9 Å². The zero-order valence-corrected chi connectivity index (χ0v) is 71.3. The second-order valence-corrected chi connectivity index (χ2v) is 31.8. The molecule has 0 radical (unpaired) electrons. The van der Waals surface area contributed by atoms with Gasteiger partial charge in [-0.1, -0.05) is 83.1 Å². The van der Waals surface area contributed by atoms with E-state index in [1.807, 2.05) is 13.8 Å². The summed E-state index contributed by atoms with van der Waals surface area (Å²) in [5.41, 5.74) is -0.815. The van der Waals surface area contributed by atoms with Crippen LogP contribution in [-0.2, 0) is 104 Å². The quantitative estimate of drug-likeness (QED) is 0.0406. The van der Waals surface area contributed by atoms with Crippen LogP contribution in [-0.4, -0.2) is 224 Å². The van der Waals surface area contributed by atoms with Crippen molar-refractivity contribution in [2.24, 2.45) is 58.7 Å². The van der Waals surface area contributed by atoms with Gasteiger partial charge in [-0.15, -0.1) is 0 Å². The van der Waals surface area contributed by atoms with E-state index in [0.717, 1.165) is 96.3 Å². The zero-order valence-electron chi connectivity index (χ0n) is 71.3. The number of rotatable bonds is 73. The standard InChI is InChI=1S/C87H160O22/c1-15-80-69(9)66(6)72(12)84(107-80)103-54-29-23-39-75(88)36-20-26-44-94-48-33-51-99-63-87(60-78(91)43-57-98-59-58-97-47-32-42-83(92)106-62-79(102-19-5)61-93-18-4,64-100-52-34-49-95-45-27-21-37-76(89)40-24-30-55-104-85-73(13)67(7)70(10)81(16-2)108-85)65-101-53-35-50-96-46-28-22-38-77(90)41-25-31-56-105-86-74(14)68(8)71(11)82(17-3)109-86/h66-74,79-82,84-86H,15-65H2,1-14H3/t66?,67?,68?,69?,70?,71?,72?,73?,74?,79-,80?,81?,82?,84?,85?,86?,87?/m1/s1. The normalized spacial score (nSPS) is 25.3. The van der Waals surface area contributed by atoms with Crippen molar-refractivity contribution in [3.8, 4) is 0 Å². The first-order chi connectivity index (χ1) is 52.7. The molecule has 0 bridgehead atoms. The van der Waals surface area contributed by atoms with Gasteiger partial charge in [0, 0.05) is 180 Å². The summed E-state index contributed by atoms with van der Waals surface area (Å²) in [5.74, 6) is 4.62. The van der Waals surface area contributed by atoms with E-state index < -0.39 is 5.41 Å². The third-order valence-corrected chi connectivity index (χ3v) is 23.0. The Labute approximate surface area is 661 Å². The first-order valence-corrected chi connectivity index (χ1v) is 43.6. The maximum atomic E-state index is 14.0. The van der Waals surface area contributed by atoms with Crippen LogP contribution in [0.25, 0.3) is 0 Å². The van der Waals surface area contributed by atoms with Crippen LogP contribution >= 0.6 is 0 Å². The molecule has 0 spiro atoms. The number of carbonyl (C=O) groups is 5. The fourth-order valence-corrected chi connectivity index (χ4v) is 14.7. The van der Waals surface area contributed by atoms with Crippen molar-refractivity contribution in [3.63, 3.8) is 0 Å². The summed E-state index contributed by atoms with van der Waals surface area (Å²) in [6.07, 6.45) is 18.6. The van der Waals surface area contributed by atoms with E-state index in [1.165, 1.54) is 0 Å². The minimum Gasteiger partial charge on any atom is -0.463 e. The molecular weight excluding hydrogens is 1400 g/mol. The summed E-state index contributed by atoms with van der Waals surface area (Å²) < 4.78 is 103. The van der Waals surface area contributed by atoms with Gasteiger partial charge in [-0.2, -0.15) is 0 Å². The summed E-state index contributed by atoms with van der Waals surface area (Å²) in [6.45, 7) is 40.1. The van der Waals surface area contributed by atoms with Crippen LogP contribution in [0.15, 0.2) is 0 Å². The molecule has 0 aliphatic carbocycles. The molecule has 0 amide bonds. The average Bonchev–Trinajstić information content (AvgIpc) is 0.834. The van der Waals surface area contributed by atoms with E-state index in [9.17, 15) is 24.0 Å². The third kappa shape index (κ3) is 45.0. The minimum absolute atomic E-state index is 0.0117. The van der Waals surface area contributed by atoms with Crippen molar-refractivity contribution >= 4 is 29.1 Å². The van der Waals surface area contributed by atoms with Crippen molar-refractivity contribution in [2.45, 2.75) is 320 Å². The summed E-state index contributed by atoms with van der Waals surface area (Å²) in [5, 5.41) is 0. The molecule has 640 valence electrons. The Kier molecular flexibility index (Phi) is 58.8. The number of unbranched alkanes of at least 4 members (excludes halogenated alkanes) is 6. The highest BCUT2D eigenvalue weighted by Crippen LogP contribution is 2.39. The lowest BCUT2D eigenvalue weighted by atomic mass is 9.78. The molecule has 16 atom stereocenters. The molecule has 3 aliphatic heterocycles. The van der Waals surface area contributed by atoms with Crippen LogP contribution in [0.2, 0.25) is 0 Å². The molecular formula is C87H160O22. The molecule has 3 saturated heterocycles. The first-order valence-electron chi connectivity index (χ1n) is 43.6. The number of ketones is 4. The van der Waals surface area contributed by atoms with Gasteiger partial charge in [-0.05, 0) is 171 Å². The summed E-state index contributed by atoms with van der Waals surface area (Å²) >= 11 is 0. The van der Waals surface area contributed by atoms with Crippen LogP contribution in [0.4, 0.5) is 0 Å². The lowest BCUT2D eigenvalue weighted by Gasteiger charge is -2.43. The molecule has 0 N–H and O–H groups in total. The summed E-state index contributed by atoms with van der Waals surface area (Å²) in [4.78, 5) is 64.7. The Morgan fingerprint density at radius 3 is 0.963 bits per heavy atom. The van der Waals surface area contributed by atoms with Gasteiger partial charge >= 0.3 is 5.97 Å². The lowest BCUT2D eigenvalue weighted by molar-refractivity contribution is -0.248. The molecule has 0 aromatic rings. The topological polar surface area (TPSA) is 242 Å². The molecule has 15 unspecified atom stereocenters. The average molecular weight is 1560 g/mol. The van der Waals surface area contributed by atoms with E-state index in [1.54, 1.807) is 0 Å². The van der Waals surface area contributed by atoms with Gasteiger partial charge < -0.3 is 80.5 Å². The summed E-state index contributed by atoms with van der Waals surface area (Å²) in [6, 6.07) is 0. The number of Topliss-reactive ketones (excluding diaryl/α,β-unsaturated/α-hetero) is 4. The van der Waals surface area contributed by atoms with E-state index in [0.29, 0.717) is 230 Å². The van der Waals surface area contributed by atoms with E-state index in [-0.39, 0.29) is 131 Å². The molecule has 22 heteroatoms. The molecule has 0 aromatic heterocycles.